The third-order valence-corrected chi connectivity index (χ3v) is 3.67. The van der Waals surface area contributed by atoms with Gasteiger partial charge in [0, 0.05) is 11.8 Å². The van der Waals surface area contributed by atoms with Crippen molar-refractivity contribution in [3.05, 3.63) is 75.3 Å². The summed E-state index contributed by atoms with van der Waals surface area (Å²) in [5, 5.41) is 2.70. The lowest BCUT2D eigenvalue weighted by atomic mass is 10.1. The molecule has 1 N–H and O–H groups in total. The Morgan fingerprint density at radius 1 is 1.09 bits per heavy atom. The van der Waals surface area contributed by atoms with Crippen molar-refractivity contribution in [2.45, 2.75) is 20.8 Å². The molecule has 3 rings (SSSR count). The molecule has 0 fully saturated rings. The Labute approximate surface area is 133 Å². The number of amides is 1. The molecule has 0 unspecified atom stereocenters. The van der Waals surface area contributed by atoms with E-state index in [2.05, 4.69) is 10.3 Å². The maximum absolute atomic E-state index is 12.6. The monoisotopic (exact) mass is 307 g/mol. The fraction of sp³-hybridized carbons (Fsp3) is 0.167. The number of rotatable bonds is 2. The summed E-state index contributed by atoms with van der Waals surface area (Å²) in [6.07, 6.45) is 1.71. The summed E-state index contributed by atoms with van der Waals surface area (Å²) in [6.45, 7) is 5.53. The van der Waals surface area contributed by atoms with Crippen molar-refractivity contribution in [2.24, 2.45) is 0 Å². The first kappa shape index (κ1) is 15.0. The average Bonchev–Trinajstić information content (AvgIpc) is 2.52. The summed E-state index contributed by atoms with van der Waals surface area (Å²) in [5.74, 6) is -0.316. The number of aryl methyl sites for hydroxylation is 3. The predicted octanol–water partition coefficient (Wildman–Crippen LogP) is 2.87. The van der Waals surface area contributed by atoms with Crippen molar-refractivity contribution >= 4 is 17.2 Å². The van der Waals surface area contributed by atoms with E-state index in [9.17, 15) is 9.59 Å². The molecule has 1 aromatic carbocycles. The topological polar surface area (TPSA) is 63.5 Å². The number of nitrogens with zero attached hydrogens (tertiary/aromatic N) is 2. The molecule has 116 valence electrons. The van der Waals surface area contributed by atoms with Gasteiger partial charge in [-0.1, -0.05) is 23.8 Å². The van der Waals surface area contributed by atoms with Crippen LogP contribution in [0.15, 0.2) is 47.4 Å². The summed E-state index contributed by atoms with van der Waals surface area (Å²) in [5.41, 5.74) is 3.43. The lowest BCUT2D eigenvalue weighted by Gasteiger charge is -2.10. The SMILES string of the molecule is Cc1cccc(C(=O)Nc2c(C)nc3ccc(C)cn3c2=O)c1. The van der Waals surface area contributed by atoms with E-state index in [0.717, 1.165) is 11.1 Å². The van der Waals surface area contributed by atoms with Gasteiger partial charge in [0.05, 0.1) is 5.69 Å². The molecule has 0 aliphatic carbocycles. The molecule has 0 aliphatic rings. The van der Waals surface area contributed by atoms with E-state index < -0.39 is 0 Å². The van der Waals surface area contributed by atoms with E-state index in [1.807, 2.05) is 32.0 Å². The van der Waals surface area contributed by atoms with Gasteiger partial charge in [-0.2, -0.15) is 0 Å². The third kappa shape index (κ3) is 2.85. The van der Waals surface area contributed by atoms with Crippen molar-refractivity contribution in [3.63, 3.8) is 0 Å². The fourth-order valence-electron chi connectivity index (χ4n) is 2.47. The second-order valence-corrected chi connectivity index (χ2v) is 5.64. The summed E-state index contributed by atoms with van der Waals surface area (Å²) in [4.78, 5) is 29.4. The zero-order valence-corrected chi connectivity index (χ0v) is 13.3. The van der Waals surface area contributed by atoms with Crippen LogP contribution in [0.5, 0.6) is 0 Å². The minimum atomic E-state index is -0.316. The second-order valence-electron chi connectivity index (χ2n) is 5.64. The molecule has 0 atom stereocenters. The highest BCUT2D eigenvalue weighted by Crippen LogP contribution is 2.12. The van der Waals surface area contributed by atoms with Gasteiger partial charge in [0.15, 0.2) is 0 Å². The van der Waals surface area contributed by atoms with Gasteiger partial charge < -0.3 is 5.32 Å². The number of fused-ring (bicyclic) bond motifs is 1. The van der Waals surface area contributed by atoms with Crippen LogP contribution in [0.4, 0.5) is 5.69 Å². The van der Waals surface area contributed by atoms with E-state index in [0.29, 0.717) is 16.9 Å². The number of nitrogens with one attached hydrogen (secondary N) is 1. The molecule has 3 aromatic rings. The molecule has 0 aliphatic heterocycles. The van der Waals surface area contributed by atoms with Crippen LogP contribution in [0, 0.1) is 20.8 Å². The van der Waals surface area contributed by atoms with Gasteiger partial charge in [-0.15, -0.1) is 0 Å². The first-order valence-corrected chi connectivity index (χ1v) is 7.33. The second kappa shape index (κ2) is 5.68. The number of benzene rings is 1. The van der Waals surface area contributed by atoms with Gasteiger partial charge in [0.2, 0.25) is 0 Å². The molecule has 0 saturated carbocycles. The highest BCUT2D eigenvalue weighted by molar-refractivity contribution is 6.04. The molecule has 0 bridgehead atoms. The van der Waals surface area contributed by atoms with Crippen LogP contribution in [0.25, 0.3) is 5.65 Å². The van der Waals surface area contributed by atoms with Crippen molar-refractivity contribution in [1.82, 2.24) is 9.38 Å². The Hall–Kier alpha value is -2.95. The Bertz CT molecular complexity index is 974. The van der Waals surface area contributed by atoms with E-state index in [4.69, 9.17) is 0 Å². The number of pyridine rings is 1. The summed E-state index contributed by atoms with van der Waals surface area (Å²) in [6, 6.07) is 10.9. The summed E-state index contributed by atoms with van der Waals surface area (Å²) >= 11 is 0. The maximum Gasteiger partial charge on any atom is 0.281 e. The lowest BCUT2D eigenvalue weighted by Crippen LogP contribution is -2.25. The molecular weight excluding hydrogens is 290 g/mol. The molecule has 5 heteroatoms. The van der Waals surface area contributed by atoms with E-state index >= 15 is 0 Å². The predicted molar refractivity (Wildman–Crippen MR) is 90.1 cm³/mol. The minimum absolute atomic E-state index is 0.208. The van der Waals surface area contributed by atoms with Gasteiger partial charge >= 0.3 is 0 Å². The number of anilines is 1. The summed E-state index contributed by atoms with van der Waals surface area (Å²) in [7, 11) is 0. The molecule has 1 amide bonds. The van der Waals surface area contributed by atoms with Crippen molar-refractivity contribution in [3.8, 4) is 0 Å². The van der Waals surface area contributed by atoms with Gasteiger partial charge in [0.25, 0.3) is 11.5 Å². The normalized spacial score (nSPS) is 10.7. The minimum Gasteiger partial charge on any atom is -0.316 e. The largest absolute Gasteiger partial charge is 0.316 e. The molecule has 0 radical (unpaired) electrons. The first-order chi connectivity index (χ1) is 11.0. The highest BCUT2D eigenvalue weighted by atomic mass is 16.2. The van der Waals surface area contributed by atoms with Crippen LogP contribution >= 0.6 is 0 Å². The van der Waals surface area contributed by atoms with Gasteiger partial charge in [0.1, 0.15) is 11.3 Å². The molecule has 5 nitrogen and oxygen atoms in total. The van der Waals surface area contributed by atoms with Gasteiger partial charge in [-0.25, -0.2) is 4.98 Å². The average molecular weight is 307 g/mol. The van der Waals surface area contributed by atoms with Gasteiger partial charge in [-0.05, 0) is 44.5 Å². The number of carbonyl (C=O) groups is 1. The Kier molecular flexibility index (Phi) is 3.70. The number of aromatic nitrogens is 2. The summed E-state index contributed by atoms with van der Waals surface area (Å²) < 4.78 is 1.45. The Balaban J connectivity index is 2.06. The van der Waals surface area contributed by atoms with Crippen molar-refractivity contribution < 1.29 is 4.79 Å². The molecule has 0 spiro atoms. The first-order valence-electron chi connectivity index (χ1n) is 7.33. The van der Waals surface area contributed by atoms with Gasteiger partial charge in [-0.3, -0.25) is 14.0 Å². The molecule has 2 aromatic heterocycles. The Morgan fingerprint density at radius 2 is 1.87 bits per heavy atom. The van der Waals surface area contributed by atoms with E-state index in [1.54, 1.807) is 31.3 Å². The standard InChI is InChI=1S/C18H17N3O2/c1-11-5-4-6-14(9-11)17(22)20-16-13(3)19-15-8-7-12(2)10-21(15)18(16)23/h4-10H,1-3H3,(H,20,22). The zero-order valence-electron chi connectivity index (χ0n) is 13.3. The van der Waals surface area contributed by atoms with Crippen LogP contribution < -0.4 is 10.9 Å². The van der Waals surface area contributed by atoms with Crippen molar-refractivity contribution in [1.29, 1.82) is 0 Å². The quantitative estimate of drug-likeness (QED) is 0.792. The van der Waals surface area contributed by atoms with Crippen LogP contribution in [0.2, 0.25) is 0 Å². The van der Waals surface area contributed by atoms with Crippen LogP contribution in [0.3, 0.4) is 0 Å². The zero-order chi connectivity index (χ0) is 16.6. The fourth-order valence-corrected chi connectivity index (χ4v) is 2.47. The molecule has 2 heterocycles. The molecular formula is C18H17N3O2. The third-order valence-electron chi connectivity index (χ3n) is 3.67. The smallest absolute Gasteiger partial charge is 0.281 e. The van der Waals surface area contributed by atoms with E-state index in [-0.39, 0.29) is 17.2 Å². The molecule has 23 heavy (non-hydrogen) atoms. The molecule has 0 saturated heterocycles. The van der Waals surface area contributed by atoms with E-state index in [1.165, 1.54) is 4.40 Å². The van der Waals surface area contributed by atoms with Crippen molar-refractivity contribution in [2.75, 3.05) is 5.32 Å². The van der Waals surface area contributed by atoms with Crippen LogP contribution in [0.1, 0.15) is 27.2 Å². The maximum atomic E-state index is 12.6. The van der Waals surface area contributed by atoms with Crippen LogP contribution in [-0.4, -0.2) is 15.3 Å². The Morgan fingerprint density at radius 3 is 2.61 bits per heavy atom. The lowest BCUT2D eigenvalue weighted by molar-refractivity contribution is 0.102. The number of hydrogen-bond donors (Lipinski definition) is 1. The van der Waals surface area contributed by atoms with Crippen LogP contribution in [-0.2, 0) is 0 Å². The number of hydrogen-bond acceptors (Lipinski definition) is 3. The number of carbonyl (C=O) groups excluding carboxylic acids is 1. The highest BCUT2D eigenvalue weighted by Gasteiger charge is 2.14.